The molecule has 37 atom stereocenters. The fourth-order valence-electron chi connectivity index (χ4n) is 18.9. The Labute approximate surface area is 567 Å². The molecule has 1 spiro atoms. The summed E-state index contributed by atoms with van der Waals surface area (Å²) in [6.07, 6.45) is -43.5. The minimum atomic E-state index is -2.08. The van der Waals surface area contributed by atoms with Crippen LogP contribution in [0.5, 0.6) is 0 Å². The van der Waals surface area contributed by atoms with Crippen molar-refractivity contribution in [3.05, 3.63) is 11.6 Å². The molecule has 0 amide bonds. The zero-order valence-corrected chi connectivity index (χ0v) is 56.8. The molecular formula is C66H106O32. The van der Waals surface area contributed by atoms with Crippen LogP contribution in [0.15, 0.2) is 11.6 Å². The Morgan fingerprint density at radius 1 is 0.541 bits per heavy atom. The molecule has 32 nitrogen and oxygen atoms in total. The Balaban J connectivity index is 0.824. The average molecular weight is 1410 g/mol. The molecule has 562 valence electrons. The van der Waals surface area contributed by atoms with Crippen LogP contribution in [0.25, 0.3) is 0 Å². The van der Waals surface area contributed by atoms with E-state index in [9.17, 15) is 91.3 Å². The van der Waals surface area contributed by atoms with Gasteiger partial charge < -0.3 is 148 Å². The van der Waals surface area contributed by atoms with Gasteiger partial charge in [-0.25, -0.2) is 0 Å². The molecule has 11 aliphatic rings. The molecule has 10 fully saturated rings. The molecule has 0 aromatic carbocycles. The molecule has 3 saturated carbocycles. The van der Waals surface area contributed by atoms with Crippen molar-refractivity contribution in [2.24, 2.45) is 45.3 Å². The van der Waals surface area contributed by atoms with Crippen LogP contribution >= 0.6 is 0 Å². The molecule has 4 aliphatic carbocycles. The predicted octanol–water partition coefficient (Wildman–Crippen LogP) is -4.48. The van der Waals surface area contributed by atoms with Gasteiger partial charge in [-0.3, -0.25) is 9.59 Å². The quantitative estimate of drug-likeness (QED) is 0.0293. The van der Waals surface area contributed by atoms with E-state index in [1.54, 1.807) is 0 Å². The van der Waals surface area contributed by atoms with Crippen molar-refractivity contribution in [2.45, 2.75) is 303 Å². The third-order valence-corrected chi connectivity index (χ3v) is 24.3. The van der Waals surface area contributed by atoms with Gasteiger partial charge in [-0.1, -0.05) is 59.6 Å². The topological polar surface area (TPSA) is 487 Å². The normalized spacial score (nSPS) is 52.6. The van der Waals surface area contributed by atoms with E-state index in [0.29, 0.717) is 44.4 Å². The fraction of sp³-hybridized carbons (Fsp3) is 0.939. The van der Waals surface area contributed by atoms with Crippen LogP contribution in [0.3, 0.4) is 0 Å². The van der Waals surface area contributed by atoms with Crippen molar-refractivity contribution in [1.82, 2.24) is 0 Å². The summed E-state index contributed by atoms with van der Waals surface area (Å²) in [6, 6.07) is 0. The zero-order chi connectivity index (χ0) is 71.4. The lowest BCUT2D eigenvalue weighted by molar-refractivity contribution is -0.397. The summed E-state index contributed by atoms with van der Waals surface area (Å²) >= 11 is 0. The number of aliphatic hydroxyl groups excluding tert-OH is 16. The van der Waals surface area contributed by atoms with Crippen molar-refractivity contribution in [3.8, 4) is 0 Å². The second-order valence-corrected chi connectivity index (χ2v) is 30.9. The Bertz CT molecular complexity index is 2760. The van der Waals surface area contributed by atoms with E-state index in [-0.39, 0.29) is 30.0 Å². The number of ketones is 1. The summed E-state index contributed by atoms with van der Waals surface area (Å²) in [7, 11) is 1.18. The number of ether oxygens (including phenoxy) is 14. The Hall–Kier alpha value is -2.28. The lowest BCUT2D eigenvalue weighted by Crippen LogP contribution is -2.67. The number of carbonyl (C=O) groups excluding carboxylic acids is 2. The van der Waals surface area contributed by atoms with Crippen molar-refractivity contribution in [1.29, 1.82) is 0 Å². The number of methoxy groups -OCH3 is 1. The first kappa shape index (κ1) is 76.8. The SMILES string of the molecule is CO[C@@H]1[C@@H](O)[C@H](O[C@@H]2[C@@H](O)[C@H](O[C@H]3[C@H](O)[C@@H](O)[C@H](O[C@H]4[C@H](O[C@H]5CC[C@]6(C)C7=CC[C@]89C(=O)O[C@@](C)(CCCC(C)C)[C@H]8C(=O)C[C@@]9(C)[C@@H]7CC[C@H]6C5(C)C)OC[C@@H](O[C@@H]5O[C@H](CO)[C@@H](O[C@@H]6O[C@H](CO)[C@@H](O)[C@H](O)[C@H]6O)[C@H](O)[C@H]5O)[C@@H]4O)O[C@@H]3C)O[C@H](CO)[C@H]2O)O[C@H](CO)[C@H]1O. The molecule has 7 saturated heterocycles. The molecular weight excluding hydrogens is 1300 g/mol. The molecule has 0 bridgehead atoms. The zero-order valence-electron chi connectivity index (χ0n) is 56.8. The highest BCUT2D eigenvalue weighted by molar-refractivity contribution is 5.99. The molecule has 11 rings (SSSR count). The largest absolute Gasteiger partial charge is 0.458 e. The Morgan fingerprint density at radius 2 is 1.06 bits per heavy atom. The second-order valence-electron chi connectivity index (χ2n) is 30.9. The highest BCUT2D eigenvalue weighted by Gasteiger charge is 2.79. The number of Topliss-reactive ketones (excluding diaryl/α,β-unsaturated/α-hetero) is 1. The molecule has 98 heavy (non-hydrogen) atoms. The highest BCUT2D eigenvalue weighted by Crippen LogP contribution is 2.75. The molecule has 7 aliphatic heterocycles. The number of hydrogen-bond donors (Lipinski definition) is 16. The van der Waals surface area contributed by atoms with E-state index < -0.39 is 250 Å². The number of carbonyl (C=O) groups is 2. The maximum atomic E-state index is 14.6. The molecule has 32 heteroatoms. The van der Waals surface area contributed by atoms with Crippen LogP contribution in [0.4, 0.5) is 0 Å². The van der Waals surface area contributed by atoms with Crippen molar-refractivity contribution in [2.75, 3.05) is 40.1 Å². The van der Waals surface area contributed by atoms with Crippen molar-refractivity contribution in [3.63, 3.8) is 0 Å². The van der Waals surface area contributed by atoms with Gasteiger partial charge in [-0.2, -0.15) is 0 Å². The first-order valence-corrected chi connectivity index (χ1v) is 34.6. The van der Waals surface area contributed by atoms with E-state index in [2.05, 4.69) is 47.6 Å². The Morgan fingerprint density at radius 3 is 1.67 bits per heavy atom. The Kier molecular flexibility index (Phi) is 23.2. The smallest absolute Gasteiger partial charge is 0.314 e. The maximum Gasteiger partial charge on any atom is 0.314 e. The van der Waals surface area contributed by atoms with Crippen LogP contribution in [0.1, 0.15) is 113 Å². The van der Waals surface area contributed by atoms with Crippen LogP contribution < -0.4 is 0 Å². The summed E-state index contributed by atoms with van der Waals surface area (Å²) in [5.74, 6) is -0.502. The van der Waals surface area contributed by atoms with Gasteiger partial charge in [0.05, 0.1) is 56.6 Å². The summed E-state index contributed by atoms with van der Waals surface area (Å²) in [5, 5.41) is 176. The third kappa shape index (κ3) is 13.1. The number of hydrogen-bond acceptors (Lipinski definition) is 32. The number of fused-ring (bicyclic) bond motifs is 4. The maximum absolute atomic E-state index is 14.6. The molecule has 0 aromatic rings. The van der Waals surface area contributed by atoms with E-state index >= 15 is 0 Å². The molecule has 0 unspecified atom stereocenters. The first-order chi connectivity index (χ1) is 46.2. The lowest BCUT2D eigenvalue weighted by Gasteiger charge is -2.63. The summed E-state index contributed by atoms with van der Waals surface area (Å²) in [6.45, 7) is 12.3. The number of cyclic esters (lactones) is 1. The monoisotopic (exact) mass is 1410 g/mol. The van der Waals surface area contributed by atoms with E-state index in [1.807, 2.05) is 6.92 Å². The average Bonchev–Trinajstić information content (AvgIpc) is 1.50. The van der Waals surface area contributed by atoms with Gasteiger partial charge in [0, 0.05) is 13.5 Å². The second kappa shape index (κ2) is 29.6. The van der Waals surface area contributed by atoms with Crippen LogP contribution in [0, 0.1) is 45.3 Å². The van der Waals surface area contributed by atoms with Gasteiger partial charge in [0.1, 0.15) is 146 Å². The fourth-order valence-corrected chi connectivity index (χ4v) is 18.9. The first-order valence-electron chi connectivity index (χ1n) is 34.6. The van der Waals surface area contributed by atoms with Gasteiger partial charge in [0.25, 0.3) is 0 Å². The van der Waals surface area contributed by atoms with Gasteiger partial charge >= 0.3 is 5.97 Å². The lowest BCUT2D eigenvalue weighted by atomic mass is 9.41. The molecule has 0 radical (unpaired) electrons. The minimum Gasteiger partial charge on any atom is -0.458 e. The number of aliphatic hydroxyl groups is 16. The van der Waals surface area contributed by atoms with Gasteiger partial charge in [-0.05, 0) is 92.8 Å². The number of allylic oxidation sites excluding steroid dienone is 2. The molecule has 16 N–H and O–H groups in total. The van der Waals surface area contributed by atoms with Crippen LogP contribution in [-0.4, -0.2) is 323 Å². The predicted molar refractivity (Wildman–Crippen MR) is 326 cm³/mol. The summed E-state index contributed by atoms with van der Waals surface area (Å²) in [4.78, 5) is 29.1. The van der Waals surface area contributed by atoms with Crippen LogP contribution in [-0.2, 0) is 75.9 Å². The molecule has 0 aromatic heterocycles. The van der Waals surface area contributed by atoms with Gasteiger partial charge in [-0.15, -0.1) is 0 Å². The number of esters is 1. The highest BCUT2D eigenvalue weighted by atomic mass is 16.8. The van der Waals surface area contributed by atoms with E-state index in [4.69, 9.17) is 66.3 Å². The van der Waals surface area contributed by atoms with E-state index in [1.165, 1.54) is 19.6 Å². The molecule has 7 heterocycles. The summed E-state index contributed by atoms with van der Waals surface area (Å²) in [5.41, 5.74) is -2.54. The standard InChI is InChI=1S/C66H106O32/c1-25(2)11-10-16-65(8)54-29(71)19-64(7)28-12-13-35-62(4,5)36(15-17-63(35,6)27(28)14-18-66(54,64)61(84)98-65)93-60-53(40(75)34(24-86-60)92-56-46(81)43(78)50(33(23-70)91-56)95-57-44(79)41(76)37(72)30(20-67)88-57)97-55-45(80)42(77)49(26(3)87-55)94-59-48(83)52(39(74)32(22-69)90-59)96-58-47(82)51(85-9)38(73)31(21-68)89-58/h14,25-26,28,30-60,67-70,72-83H,10-13,15-24H2,1-9H3/t26-,28-,30-,31-,32-,33-,34-,35+,36+,37-,38-,39-,40+,41+,42-,43-,44-,45-,46-,47-,48-,49-,50-,51+,52+,53-,54-,55+,56+,57+,58+,59+,60+,63-,64+,65+,66-/m1/s1. The van der Waals surface area contributed by atoms with Gasteiger partial charge in [0.15, 0.2) is 37.7 Å². The van der Waals surface area contributed by atoms with Crippen molar-refractivity contribution >= 4 is 11.8 Å². The van der Waals surface area contributed by atoms with E-state index in [0.717, 1.165) is 12.8 Å². The van der Waals surface area contributed by atoms with Crippen LogP contribution in [0.2, 0.25) is 0 Å². The number of rotatable bonds is 21. The summed E-state index contributed by atoms with van der Waals surface area (Å²) < 4.78 is 84.3. The van der Waals surface area contributed by atoms with Crippen molar-refractivity contribution < 1.29 is 158 Å². The van der Waals surface area contributed by atoms with Gasteiger partial charge in [0.2, 0.25) is 0 Å². The third-order valence-electron chi connectivity index (χ3n) is 24.3. The minimum absolute atomic E-state index is 0.0596.